The maximum absolute atomic E-state index is 13.6. The summed E-state index contributed by atoms with van der Waals surface area (Å²) in [5, 5.41) is 5.73. The van der Waals surface area contributed by atoms with Gasteiger partial charge in [0.05, 0.1) is 0 Å². The largest absolute Gasteiger partial charge is 0.371 e. The van der Waals surface area contributed by atoms with Crippen LogP contribution >= 0.6 is 0 Å². The third-order valence-electron chi connectivity index (χ3n) is 3.54. The number of halogens is 2. The summed E-state index contributed by atoms with van der Waals surface area (Å²) in [7, 11) is 1.56. The topological polar surface area (TPSA) is 37.0 Å². The lowest BCUT2D eigenvalue weighted by Crippen LogP contribution is -2.44. The summed E-state index contributed by atoms with van der Waals surface area (Å²) in [6.45, 7) is 2.06. The molecule has 0 aliphatic heterocycles. The van der Waals surface area contributed by atoms with Gasteiger partial charge in [-0.25, -0.2) is 13.8 Å². The smallest absolute Gasteiger partial charge is 0.168 e. The lowest BCUT2D eigenvalue weighted by atomic mass is 9.75. The molecule has 0 spiro atoms. The molecule has 1 aromatic heterocycles. The maximum atomic E-state index is 13.6. The van der Waals surface area contributed by atoms with Crippen molar-refractivity contribution in [1.82, 2.24) is 4.98 Å². The molecule has 0 atom stereocenters. The fourth-order valence-electron chi connectivity index (χ4n) is 2.15. The first-order valence-electron chi connectivity index (χ1n) is 5.92. The maximum Gasteiger partial charge on any atom is 0.168 e. The molecule has 0 aromatic carbocycles. The zero-order valence-electron chi connectivity index (χ0n) is 10.1. The average molecular weight is 241 g/mol. The molecule has 2 N–H and O–H groups in total. The van der Waals surface area contributed by atoms with Crippen LogP contribution in [0.2, 0.25) is 0 Å². The van der Waals surface area contributed by atoms with Crippen molar-refractivity contribution in [1.29, 1.82) is 0 Å². The van der Waals surface area contributed by atoms with Crippen LogP contribution in [0.15, 0.2) is 6.07 Å². The predicted molar refractivity (Wildman–Crippen MR) is 64.2 cm³/mol. The van der Waals surface area contributed by atoms with Gasteiger partial charge in [-0.05, 0) is 25.7 Å². The third-order valence-corrected chi connectivity index (χ3v) is 3.54. The van der Waals surface area contributed by atoms with Gasteiger partial charge in [-0.2, -0.15) is 0 Å². The Bertz CT molecular complexity index is 411. The SMILES string of the molecule is CCC1(Nc2nc(NC)c(F)cc2F)CCC1. The molecule has 5 heteroatoms. The van der Waals surface area contributed by atoms with Gasteiger partial charge in [0.2, 0.25) is 0 Å². The third kappa shape index (κ3) is 2.18. The van der Waals surface area contributed by atoms with Gasteiger partial charge in [0.25, 0.3) is 0 Å². The monoisotopic (exact) mass is 241 g/mol. The summed E-state index contributed by atoms with van der Waals surface area (Å²) in [5.41, 5.74) is -0.0588. The van der Waals surface area contributed by atoms with E-state index in [9.17, 15) is 8.78 Å². The van der Waals surface area contributed by atoms with Gasteiger partial charge in [-0.3, -0.25) is 0 Å². The van der Waals surface area contributed by atoms with Crippen molar-refractivity contribution in [3.05, 3.63) is 17.7 Å². The van der Waals surface area contributed by atoms with Crippen molar-refractivity contribution in [3.63, 3.8) is 0 Å². The van der Waals surface area contributed by atoms with E-state index in [-0.39, 0.29) is 17.2 Å². The first-order chi connectivity index (χ1) is 8.10. The second-order valence-corrected chi connectivity index (χ2v) is 4.51. The Labute approximate surface area is 99.6 Å². The molecule has 0 bridgehead atoms. The Balaban J connectivity index is 2.26. The van der Waals surface area contributed by atoms with Gasteiger partial charge < -0.3 is 10.6 Å². The van der Waals surface area contributed by atoms with Crippen LogP contribution in [0.4, 0.5) is 20.4 Å². The highest BCUT2D eigenvalue weighted by Crippen LogP contribution is 2.38. The van der Waals surface area contributed by atoms with E-state index in [1.807, 2.05) is 0 Å². The van der Waals surface area contributed by atoms with E-state index in [2.05, 4.69) is 22.5 Å². The number of hydrogen-bond acceptors (Lipinski definition) is 3. The Hall–Kier alpha value is -1.39. The fourth-order valence-corrected chi connectivity index (χ4v) is 2.15. The molecule has 0 unspecified atom stereocenters. The standard InChI is InChI=1S/C12H17F2N3/c1-3-12(5-4-6-12)17-11-9(14)7-8(13)10(15-2)16-11/h7H,3-6H2,1-2H3,(H2,15,16,17). The number of nitrogens with zero attached hydrogens (tertiary/aromatic N) is 1. The Morgan fingerprint density at radius 2 is 1.94 bits per heavy atom. The molecular weight excluding hydrogens is 224 g/mol. The van der Waals surface area contributed by atoms with E-state index in [1.54, 1.807) is 7.05 Å². The van der Waals surface area contributed by atoms with Gasteiger partial charge in [0, 0.05) is 18.7 Å². The molecule has 1 aromatic rings. The molecular formula is C12H17F2N3. The lowest BCUT2D eigenvalue weighted by molar-refractivity contribution is 0.267. The first kappa shape index (κ1) is 12.1. The summed E-state index contributed by atoms with van der Waals surface area (Å²) < 4.78 is 26.8. The zero-order chi connectivity index (χ0) is 12.5. The molecule has 0 amide bonds. The van der Waals surface area contributed by atoms with E-state index in [0.29, 0.717) is 0 Å². The summed E-state index contributed by atoms with van der Waals surface area (Å²) in [5.74, 6) is -1.10. The van der Waals surface area contributed by atoms with Crippen LogP contribution < -0.4 is 10.6 Å². The normalized spacial score (nSPS) is 17.4. The number of anilines is 2. The van der Waals surface area contributed by atoms with Crippen LogP contribution in [0.25, 0.3) is 0 Å². The van der Waals surface area contributed by atoms with Crippen molar-refractivity contribution < 1.29 is 8.78 Å². The molecule has 1 aliphatic rings. The molecule has 3 nitrogen and oxygen atoms in total. The van der Waals surface area contributed by atoms with Gasteiger partial charge >= 0.3 is 0 Å². The number of aromatic nitrogens is 1. The predicted octanol–water partition coefficient (Wildman–Crippen LogP) is 3.15. The van der Waals surface area contributed by atoms with E-state index in [0.717, 1.165) is 31.7 Å². The highest BCUT2D eigenvalue weighted by atomic mass is 19.1. The van der Waals surface area contributed by atoms with Crippen molar-refractivity contribution >= 4 is 11.6 Å². The summed E-state index contributed by atoms with van der Waals surface area (Å²) >= 11 is 0. The quantitative estimate of drug-likeness (QED) is 0.850. The second kappa shape index (κ2) is 4.47. The van der Waals surface area contributed by atoms with Gasteiger partial charge in [0.1, 0.15) is 0 Å². The van der Waals surface area contributed by atoms with Crippen molar-refractivity contribution in [2.75, 3.05) is 17.7 Å². The second-order valence-electron chi connectivity index (χ2n) is 4.51. The van der Waals surface area contributed by atoms with Crippen molar-refractivity contribution in [3.8, 4) is 0 Å². The van der Waals surface area contributed by atoms with Crippen molar-refractivity contribution in [2.45, 2.75) is 38.1 Å². The van der Waals surface area contributed by atoms with Crippen LogP contribution in [0.5, 0.6) is 0 Å². The number of nitrogens with one attached hydrogen (secondary N) is 2. The average Bonchev–Trinajstić information content (AvgIpc) is 2.26. The molecule has 2 rings (SSSR count). The van der Waals surface area contributed by atoms with E-state index >= 15 is 0 Å². The van der Waals surface area contributed by atoms with Crippen LogP contribution in [0.3, 0.4) is 0 Å². The van der Waals surface area contributed by atoms with Crippen molar-refractivity contribution in [2.24, 2.45) is 0 Å². The summed E-state index contributed by atoms with van der Waals surface area (Å²) in [6.07, 6.45) is 4.08. The Morgan fingerprint density at radius 3 is 2.41 bits per heavy atom. The first-order valence-corrected chi connectivity index (χ1v) is 5.92. The van der Waals surface area contributed by atoms with E-state index < -0.39 is 11.6 Å². The van der Waals surface area contributed by atoms with Crippen LogP contribution in [-0.2, 0) is 0 Å². The van der Waals surface area contributed by atoms with Crippen LogP contribution in [0, 0.1) is 11.6 Å². The minimum atomic E-state index is -0.672. The molecule has 0 saturated heterocycles. The van der Waals surface area contributed by atoms with E-state index in [1.165, 1.54) is 0 Å². The number of pyridine rings is 1. The summed E-state index contributed by atoms with van der Waals surface area (Å²) in [6, 6.07) is 0.864. The Kier molecular flexibility index (Phi) is 3.17. The molecule has 17 heavy (non-hydrogen) atoms. The molecule has 1 aliphatic carbocycles. The molecule has 0 radical (unpaired) electrons. The zero-order valence-corrected chi connectivity index (χ0v) is 10.1. The number of rotatable bonds is 4. The van der Waals surface area contributed by atoms with Gasteiger partial charge in [-0.15, -0.1) is 0 Å². The highest BCUT2D eigenvalue weighted by molar-refractivity contribution is 5.49. The van der Waals surface area contributed by atoms with Gasteiger partial charge in [-0.1, -0.05) is 6.92 Å². The van der Waals surface area contributed by atoms with Crippen LogP contribution in [-0.4, -0.2) is 17.6 Å². The lowest BCUT2D eigenvalue weighted by Gasteiger charge is -2.42. The molecule has 94 valence electrons. The van der Waals surface area contributed by atoms with Crippen LogP contribution in [0.1, 0.15) is 32.6 Å². The highest BCUT2D eigenvalue weighted by Gasteiger charge is 2.36. The molecule has 1 fully saturated rings. The molecule has 1 heterocycles. The minimum absolute atomic E-state index is 0.0588. The fraction of sp³-hybridized carbons (Fsp3) is 0.583. The van der Waals surface area contributed by atoms with Gasteiger partial charge in [0.15, 0.2) is 23.3 Å². The minimum Gasteiger partial charge on any atom is -0.371 e. The molecule has 1 saturated carbocycles. The summed E-state index contributed by atoms with van der Waals surface area (Å²) in [4.78, 5) is 3.93. The van der Waals surface area contributed by atoms with E-state index in [4.69, 9.17) is 0 Å². The number of hydrogen-bond donors (Lipinski definition) is 2. The Morgan fingerprint density at radius 1 is 1.29 bits per heavy atom.